The van der Waals surface area contributed by atoms with Gasteiger partial charge in [-0.05, 0) is 42.0 Å². The number of benzene rings is 2. The first-order chi connectivity index (χ1) is 11.8. The van der Waals surface area contributed by atoms with Crippen LogP contribution in [0.15, 0.2) is 47.4 Å². The van der Waals surface area contributed by atoms with E-state index in [0.29, 0.717) is 15.6 Å². The van der Waals surface area contributed by atoms with E-state index in [2.05, 4.69) is 5.32 Å². The zero-order valence-electron chi connectivity index (χ0n) is 13.5. The van der Waals surface area contributed by atoms with Crippen LogP contribution in [0.1, 0.15) is 15.9 Å². The van der Waals surface area contributed by atoms with Crippen molar-refractivity contribution in [3.63, 3.8) is 0 Å². The number of rotatable bonds is 6. The van der Waals surface area contributed by atoms with Crippen molar-refractivity contribution in [2.75, 3.05) is 14.2 Å². The molecule has 6 nitrogen and oxygen atoms in total. The smallest absolute Gasteiger partial charge is 0.264 e. The third-order valence-corrected chi connectivity index (χ3v) is 5.75. The minimum Gasteiger partial charge on any atom is -0.348 e. The molecule has 0 atom stereocenters. The lowest BCUT2D eigenvalue weighted by Gasteiger charge is -2.14. The maximum atomic E-state index is 12.2. The summed E-state index contributed by atoms with van der Waals surface area (Å²) in [6.45, 7) is 0.224. The van der Waals surface area contributed by atoms with E-state index in [-0.39, 0.29) is 17.3 Å². The largest absolute Gasteiger partial charge is 0.348 e. The number of hydrogen-bond acceptors (Lipinski definition) is 4. The second-order valence-corrected chi connectivity index (χ2v) is 7.82. The second kappa shape index (κ2) is 8.16. The normalized spacial score (nSPS) is 11.6. The molecule has 0 spiro atoms. The average Bonchev–Trinajstić information content (AvgIpc) is 2.60. The highest BCUT2D eigenvalue weighted by atomic mass is 35.5. The lowest BCUT2D eigenvalue weighted by Crippen LogP contribution is -2.26. The number of nitrogens with zero attached hydrogens (tertiary/aromatic N) is 1. The molecule has 0 unspecified atom stereocenters. The Kier molecular flexibility index (Phi) is 6.42. The maximum absolute atomic E-state index is 12.2. The number of sulfonamides is 1. The first kappa shape index (κ1) is 19.7. The number of nitrogens with one attached hydrogen (secondary N) is 1. The van der Waals surface area contributed by atoms with Crippen LogP contribution in [0.25, 0.3) is 0 Å². The lowest BCUT2D eigenvalue weighted by atomic mass is 10.2. The standard InChI is InChI=1S/C16H16Cl2N2O4S/c1-20(24-2)25(22,23)14-7-4-11(5-8-14)16(21)19-10-12-3-6-13(17)9-15(12)18/h3-9H,10H2,1-2H3,(H,19,21). The third-order valence-electron chi connectivity index (χ3n) is 3.46. The van der Waals surface area contributed by atoms with Gasteiger partial charge < -0.3 is 5.32 Å². The maximum Gasteiger partial charge on any atom is 0.264 e. The van der Waals surface area contributed by atoms with Gasteiger partial charge in [-0.2, -0.15) is 0 Å². The van der Waals surface area contributed by atoms with Gasteiger partial charge in [-0.25, -0.2) is 8.42 Å². The van der Waals surface area contributed by atoms with Gasteiger partial charge in [0.15, 0.2) is 0 Å². The number of hydrogen-bond donors (Lipinski definition) is 1. The number of amides is 1. The van der Waals surface area contributed by atoms with Gasteiger partial charge in [-0.1, -0.05) is 33.7 Å². The van der Waals surface area contributed by atoms with Crippen molar-refractivity contribution < 1.29 is 18.0 Å². The Morgan fingerprint density at radius 1 is 1.16 bits per heavy atom. The summed E-state index contributed by atoms with van der Waals surface area (Å²) in [7, 11) is -1.21. The molecule has 0 radical (unpaired) electrons. The van der Waals surface area contributed by atoms with Gasteiger partial charge in [-0.3, -0.25) is 9.63 Å². The van der Waals surface area contributed by atoms with Crippen LogP contribution in [-0.4, -0.2) is 33.0 Å². The van der Waals surface area contributed by atoms with Crippen LogP contribution in [-0.2, 0) is 21.4 Å². The predicted octanol–water partition coefficient (Wildman–Crippen LogP) is 3.11. The van der Waals surface area contributed by atoms with Crippen molar-refractivity contribution in [1.29, 1.82) is 0 Å². The molecule has 2 rings (SSSR count). The SMILES string of the molecule is CON(C)S(=O)(=O)c1ccc(C(=O)NCc2ccc(Cl)cc2Cl)cc1. The molecule has 0 aliphatic carbocycles. The van der Waals surface area contributed by atoms with Gasteiger partial charge in [0.05, 0.1) is 12.0 Å². The van der Waals surface area contributed by atoms with E-state index in [4.69, 9.17) is 28.0 Å². The fourth-order valence-electron chi connectivity index (χ4n) is 1.97. The Morgan fingerprint density at radius 2 is 1.80 bits per heavy atom. The molecular formula is C16H16Cl2N2O4S. The molecule has 0 bridgehead atoms. The summed E-state index contributed by atoms with van der Waals surface area (Å²) in [5.41, 5.74) is 1.05. The average molecular weight is 403 g/mol. The second-order valence-electron chi connectivity index (χ2n) is 5.04. The molecular weight excluding hydrogens is 387 g/mol. The predicted molar refractivity (Wildman–Crippen MR) is 96.0 cm³/mol. The van der Waals surface area contributed by atoms with E-state index in [9.17, 15) is 13.2 Å². The van der Waals surface area contributed by atoms with Crippen LogP contribution < -0.4 is 5.32 Å². The van der Waals surface area contributed by atoms with E-state index in [0.717, 1.165) is 10.0 Å². The van der Waals surface area contributed by atoms with Crippen LogP contribution in [0.4, 0.5) is 0 Å². The van der Waals surface area contributed by atoms with Crippen molar-refractivity contribution in [1.82, 2.24) is 9.79 Å². The summed E-state index contributed by atoms with van der Waals surface area (Å²) >= 11 is 11.9. The van der Waals surface area contributed by atoms with Gasteiger partial charge in [-0.15, -0.1) is 0 Å². The van der Waals surface area contributed by atoms with E-state index in [1.807, 2.05) is 0 Å². The third kappa shape index (κ3) is 4.71. The van der Waals surface area contributed by atoms with Crippen molar-refractivity contribution in [3.8, 4) is 0 Å². The van der Waals surface area contributed by atoms with E-state index >= 15 is 0 Å². The minimum atomic E-state index is -3.75. The van der Waals surface area contributed by atoms with E-state index < -0.39 is 10.0 Å². The number of carbonyl (C=O) groups is 1. The molecule has 2 aromatic rings. The Balaban J connectivity index is 2.08. The van der Waals surface area contributed by atoms with Crippen LogP contribution in [0, 0.1) is 0 Å². The summed E-state index contributed by atoms with van der Waals surface area (Å²) in [6.07, 6.45) is 0. The van der Waals surface area contributed by atoms with Crippen LogP contribution in [0.5, 0.6) is 0 Å². The highest BCUT2D eigenvalue weighted by molar-refractivity contribution is 7.89. The van der Waals surface area contributed by atoms with Crippen molar-refractivity contribution >= 4 is 39.1 Å². The van der Waals surface area contributed by atoms with Crippen molar-refractivity contribution in [2.24, 2.45) is 0 Å². The quantitative estimate of drug-likeness (QED) is 0.753. The molecule has 2 aromatic carbocycles. The molecule has 1 N–H and O–H groups in total. The molecule has 134 valence electrons. The Morgan fingerprint density at radius 3 is 2.36 bits per heavy atom. The van der Waals surface area contributed by atoms with Gasteiger partial charge in [0.2, 0.25) is 0 Å². The minimum absolute atomic E-state index is 0.0224. The topological polar surface area (TPSA) is 75.7 Å². The van der Waals surface area contributed by atoms with Gasteiger partial charge in [0.25, 0.3) is 15.9 Å². The first-order valence-electron chi connectivity index (χ1n) is 7.11. The first-order valence-corrected chi connectivity index (χ1v) is 9.30. The zero-order chi connectivity index (χ0) is 18.6. The molecule has 0 heterocycles. The van der Waals surface area contributed by atoms with Crippen molar-refractivity contribution in [3.05, 3.63) is 63.6 Å². The molecule has 0 saturated heterocycles. The summed E-state index contributed by atoms with van der Waals surface area (Å²) in [5.74, 6) is -0.352. The number of halogens is 2. The number of hydroxylamine groups is 1. The Labute approximate surface area is 156 Å². The summed E-state index contributed by atoms with van der Waals surface area (Å²) in [5, 5.41) is 3.68. The van der Waals surface area contributed by atoms with Crippen LogP contribution in [0.3, 0.4) is 0 Å². The Hall–Kier alpha value is -1.64. The Bertz CT molecular complexity index is 870. The lowest BCUT2D eigenvalue weighted by molar-refractivity contribution is -0.0258. The molecule has 1 amide bonds. The highest BCUT2D eigenvalue weighted by Gasteiger charge is 2.20. The molecule has 0 saturated carbocycles. The summed E-state index contributed by atoms with van der Waals surface area (Å²) < 4.78 is 24.9. The zero-order valence-corrected chi connectivity index (χ0v) is 15.8. The van der Waals surface area contributed by atoms with E-state index in [1.54, 1.807) is 18.2 Å². The van der Waals surface area contributed by atoms with Crippen molar-refractivity contribution in [2.45, 2.75) is 11.4 Å². The fourth-order valence-corrected chi connectivity index (χ4v) is 3.42. The molecule has 25 heavy (non-hydrogen) atoms. The molecule has 0 fully saturated rings. The number of carbonyl (C=O) groups excluding carboxylic acids is 1. The summed E-state index contributed by atoms with van der Waals surface area (Å²) in [4.78, 5) is 16.9. The van der Waals surface area contributed by atoms with Gasteiger partial charge in [0.1, 0.15) is 0 Å². The molecule has 9 heteroatoms. The fraction of sp³-hybridized carbons (Fsp3) is 0.188. The highest BCUT2D eigenvalue weighted by Crippen LogP contribution is 2.21. The monoisotopic (exact) mass is 402 g/mol. The van der Waals surface area contributed by atoms with Crippen LogP contribution >= 0.6 is 23.2 Å². The van der Waals surface area contributed by atoms with Gasteiger partial charge in [0, 0.05) is 29.2 Å². The molecule has 0 aromatic heterocycles. The molecule has 0 aliphatic heterocycles. The van der Waals surface area contributed by atoms with Gasteiger partial charge >= 0.3 is 0 Å². The molecule has 0 aliphatic rings. The summed E-state index contributed by atoms with van der Waals surface area (Å²) in [6, 6.07) is 10.5. The van der Waals surface area contributed by atoms with E-state index in [1.165, 1.54) is 38.4 Å². The van der Waals surface area contributed by atoms with Crippen LogP contribution in [0.2, 0.25) is 10.0 Å².